The quantitative estimate of drug-likeness (QED) is 0.206. The highest BCUT2D eigenvalue weighted by atomic mass is 32.2. The van der Waals surface area contributed by atoms with Gasteiger partial charge in [0, 0.05) is 35.7 Å². The molecule has 0 aliphatic carbocycles. The van der Waals surface area contributed by atoms with E-state index in [2.05, 4.69) is 15.4 Å². The Bertz CT molecular complexity index is 690. The summed E-state index contributed by atoms with van der Waals surface area (Å²) in [6.45, 7) is 3.88. The zero-order valence-electron chi connectivity index (χ0n) is 15.6. The maximum absolute atomic E-state index is 11.7. The first-order valence-corrected chi connectivity index (χ1v) is 11.5. The van der Waals surface area contributed by atoms with Crippen molar-refractivity contribution in [3.63, 3.8) is 0 Å². The molecule has 0 aromatic heterocycles. The summed E-state index contributed by atoms with van der Waals surface area (Å²) in [5.41, 5.74) is 0. The minimum Gasteiger partial charge on any atom is -0.481 e. The Kier molecular flexibility index (Phi) is 7.69. The van der Waals surface area contributed by atoms with Crippen LogP contribution in [0.3, 0.4) is 0 Å². The van der Waals surface area contributed by atoms with Crippen LogP contribution in [-0.2, 0) is 19.8 Å². The van der Waals surface area contributed by atoms with Crippen molar-refractivity contribution < 1.29 is 33.3 Å². The van der Waals surface area contributed by atoms with Gasteiger partial charge in [0.05, 0.1) is 12.0 Å². The molecule has 0 amide bonds. The van der Waals surface area contributed by atoms with E-state index < -0.39 is 46.3 Å². The molecule has 0 radical (unpaired) electrons. The maximum atomic E-state index is 11.7. The van der Waals surface area contributed by atoms with Crippen LogP contribution >= 0.6 is 11.8 Å². The molecule has 0 saturated carbocycles. The number of rotatable bonds is 9. The first-order valence-electron chi connectivity index (χ1n) is 8.96. The number of carboxylic acid groups (broad SMARTS) is 2. The van der Waals surface area contributed by atoms with E-state index in [-0.39, 0.29) is 29.0 Å². The molecule has 0 aromatic carbocycles. The van der Waals surface area contributed by atoms with Crippen molar-refractivity contribution in [2.75, 3.05) is 13.1 Å². The van der Waals surface area contributed by atoms with Crippen LogP contribution < -0.4 is 20.5 Å². The first-order chi connectivity index (χ1) is 12.9. The molecule has 0 aromatic rings. The van der Waals surface area contributed by atoms with E-state index in [4.69, 9.17) is 5.14 Å². The molecule has 2 aliphatic rings. The lowest BCUT2D eigenvalue weighted by Gasteiger charge is -2.27. The van der Waals surface area contributed by atoms with Crippen LogP contribution in [0, 0.1) is 11.8 Å². The Morgan fingerprint density at radius 2 is 2.00 bits per heavy atom. The number of aliphatic carboxylic acids is 2. The predicted octanol–water partition coefficient (Wildman–Crippen LogP) is -2.25. The van der Waals surface area contributed by atoms with E-state index in [1.165, 1.54) is 18.7 Å². The van der Waals surface area contributed by atoms with Crippen LogP contribution in [0.15, 0.2) is 0 Å². The first kappa shape index (κ1) is 23.3. The minimum atomic E-state index is -3.78. The molecule has 2 rings (SSSR count). The van der Waals surface area contributed by atoms with Crippen molar-refractivity contribution >= 4 is 33.9 Å². The summed E-state index contributed by atoms with van der Waals surface area (Å²) < 4.78 is 24.3. The number of hydrogen-bond donors (Lipinski definition) is 7. The zero-order chi connectivity index (χ0) is 21.2. The van der Waals surface area contributed by atoms with Crippen LogP contribution in [-0.4, -0.2) is 83.5 Å². The van der Waals surface area contributed by atoms with Gasteiger partial charge < -0.3 is 20.6 Å². The van der Waals surface area contributed by atoms with Crippen LogP contribution in [0.4, 0.5) is 0 Å². The summed E-state index contributed by atoms with van der Waals surface area (Å²) in [4.78, 5) is 23.3. The molecule has 0 spiro atoms. The van der Waals surface area contributed by atoms with E-state index in [0.29, 0.717) is 13.0 Å². The average Bonchev–Trinajstić information content (AvgIpc) is 3.11. The number of nitrogens with one attached hydrogen (secondary N) is 3. The van der Waals surface area contributed by atoms with Gasteiger partial charge in [-0.25, -0.2) is 9.86 Å². The Morgan fingerprint density at radius 3 is 2.50 bits per heavy atom. The van der Waals surface area contributed by atoms with Crippen molar-refractivity contribution in [1.29, 1.82) is 0 Å². The summed E-state index contributed by atoms with van der Waals surface area (Å²) in [5.74, 6) is -3.66. The Morgan fingerprint density at radius 1 is 1.36 bits per heavy atom. The molecular weight excluding hydrogens is 412 g/mol. The van der Waals surface area contributed by atoms with E-state index in [1.54, 1.807) is 6.92 Å². The summed E-state index contributed by atoms with van der Waals surface area (Å²) >= 11 is 1.45. The van der Waals surface area contributed by atoms with Gasteiger partial charge in [-0.2, -0.15) is 20.2 Å². The molecule has 2 fully saturated rings. The van der Waals surface area contributed by atoms with E-state index in [0.717, 1.165) is 0 Å². The van der Waals surface area contributed by atoms with Crippen LogP contribution in [0.25, 0.3) is 0 Å². The van der Waals surface area contributed by atoms with Gasteiger partial charge in [-0.05, 0) is 19.3 Å². The number of hydrogen-bond acceptors (Lipinski definition) is 8. The van der Waals surface area contributed by atoms with Gasteiger partial charge in [-0.1, -0.05) is 6.92 Å². The molecule has 2 aliphatic heterocycles. The second kappa shape index (κ2) is 9.24. The third kappa shape index (κ3) is 5.78. The Labute approximate surface area is 168 Å². The van der Waals surface area contributed by atoms with Gasteiger partial charge in [0.15, 0.2) is 0 Å². The lowest BCUT2D eigenvalue weighted by molar-refractivity contribution is -0.147. The monoisotopic (exact) mass is 440 g/mol. The van der Waals surface area contributed by atoms with E-state index >= 15 is 0 Å². The number of aliphatic hydroxyl groups is 1. The number of carbonyl (C=O) groups is 2. The predicted molar refractivity (Wildman–Crippen MR) is 103 cm³/mol. The van der Waals surface area contributed by atoms with Crippen LogP contribution in [0.2, 0.25) is 0 Å². The summed E-state index contributed by atoms with van der Waals surface area (Å²) in [6, 6.07) is -1.73. The van der Waals surface area contributed by atoms with Crippen molar-refractivity contribution in [3.05, 3.63) is 0 Å². The number of nitrogens with two attached hydrogens (primary N) is 1. The molecule has 2 saturated heterocycles. The van der Waals surface area contributed by atoms with Gasteiger partial charge in [-0.3, -0.25) is 14.9 Å². The third-order valence-electron chi connectivity index (χ3n) is 5.31. The second-order valence-electron chi connectivity index (χ2n) is 7.43. The summed E-state index contributed by atoms with van der Waals surface area (Å²) in [6.07, 6.45) is -0.510. The van der Waals surface area contributed by atoms with Crippen LogP contribution in [0.1, 0.15) is 20.3 Å². The molecule has 2 unspecified atom stereocenters. The topological polar surface area (TPSA) is 191 Å². The van der Waals surface area contributed by atoms with Crippen molar-refractivity contribution in [2.24, 2.45) is 17.0 Å². The number of thioether (sulfide) groups is 1. The highest BCUT2D eigenvalue weighted by Crippen LogP contribution is 2.39. The molecule has 0 bridgehead atoms. The largest absolute Gasteiger partial charge is 0.481 e. The normalized spacial score (nSPS) is 35.6. The second-order valence-corrected chi connectivity index (χ2v) is 10.3. The van der Waals surface area contributed by atoms with E-state index in [9.17, 15) is 33.3 Å². The Hall–Kier alpha value is -0.960. The van der Waals surface area contributed by atoms with E-state index in [1.807, 2.05) is 0 Å². The smallest absolute Gasteiger partial charge is 0.321 e. The molecule has 13 heteroatoms. The zero-order valence-corrected chi connectivity index (χ0v) is 17.2. The average molecular weight is 441 g/mol. The number of aliphatic hydroxyl groups excluding tert-OH is 1. The van der Waals surface area contributed by atoms with Crippen molar-refractivity contribution in [1.82, 2.24) is 15.4 Å². The van der Waals surface area contributed by atoms with Gasteiger partial charge in [0.1, 0.15) is 6.04 Å². The Balaban J connectivity index is 2.05. The lowest BCUT2D eigenvalue weighted by atomic mass is 9.87. The molecule has 28 heavy (non-hydrogen) atoms. The standard InChI is InChI=1S/C15H28N4O7S2/c1-6-11(10(7(2)20)14(21)22)19-12(15(23)24)13(6)27-9-3-8(17-5-9)4-18-28(16,25)26/h6-13,17-20H,3-5H2,1-2H3,(H,21,22)(H,23,24)(H2,16,25,26)/t6-,7-,8+,9+,10-,11-,12?,13?/m1/s1. The molecule has 162 valence electrons. The lowest BCUT2D eigenvalue weighted by Crippen LogP contribution is -2.47. The van der Waals surface area contributed by atoms with Gasteiger partial charge in [0.2, 0.25) is 0 Å². The fourth-order valence-electron chi connectivity index (χ4n) is 3.95. The third-order valence-corrected chi connectivity index (χ3v) is 7.63. The molecular formula is C15H28N4O7S2. The van der Waals surface area contributed by atoms with Crippen LogP contribution in [0.5, 0.6) is 0 Å². The molecule has 2 heterocycles. The fraction of sp³-hybridized carbons (Fsp3) is 0.867. The highest BCUT2D eigenvalue weighted by molar-refractivity contribution is 8.00. The maximum Gasteiger partial charge on any atom is 0.321 e. The summed E-state index contributed by atoms with van der Waals surface area (Å²) in [5, 5.41) is 39.5. The molecule has 8 N–H and O–H groups in total. The van der Waals surface area contributed by atoms with Crippen molar-refractivity contribution in [2.45, 2.75) is 55.0 Å². The minimum absolute atomic E-state index is 0.0388. The molecule has 11 nitrogen and oxygen atoms in total. The highest BCUT2D eigenvalue weighted by Gasteiger charge is 2.50. The summed E-state index contributed by atoms with van der Waals surface area (Å²) in [7, 11) is -3.78. The molecule has 8 atom stereocenters. The van der Waals surface area contributed by atoms with Crippen molar-refractivity contribution in [3.8, 4) is 0 Å². The van der Waals surface area contributed by atoms with Gasteiger partial charge in [-0.15, -0.1) is 0 Å². The fourth-order valence-corrected chi connectivity index (χ4v) is 6.13. The SMILES string of the molecule is C[C@@H](O)[C@@H](C(=O)O)[C@@H]1NC(C(=O)O)C(S[C@@H]2CN[C@H](CNS(N)(=O)=O)C2)[C@@H]1C. The number of carboxylic acids is 2. The van der Waals surface area contributed by atoms with Gasteiger partial charge >= 0.3 is 11.9 Å². The van der Waals surface area contributed by atoms with Gasteiger partial charge in [0.25, 0.3) is 10.2 Å².